The first-order chi connectivity index (χ1) is 28.0. The lowest BCUT2D eigenvalue weighted by molar-refractivity contribution is -0.870. The van der Waals surface area contributed by atoms with Gasteiger partial charge in [0.1, 0.15) is 19.8 Å². The molecule has 58 heavy (non-hydrogen) atoms. The molecule has 0 radical (unpaired) electrons. The Morgan fingerprint density at radius 2 is 0.966 bits per heavy atom. The lowest BCUT2D eigenvalue weighted by Crippen LogP contribution is -2.37. The van der Waals surface area contributed by atoms with Crippen LogP contribution in [-0.2, 0) is 32.7 Å². The lowest BCUT2D eigenvalue weighted by Gasteiger charge is -2.28. The largest absolute Gasteiger partial charge is 0.756 e. The molecule has 1 unspecified atom stereocenters. The molecule has 0 aliphatic heterocycles. The van der Waals surface area contributed by atoms with E-state index in [0.29, 0.717) is 23.9 Å². The van der Waals surface area contributed by atoms with Gasteiger partial charge in [-0.1, -0.05) is 144 Å². The van der Waals surface area contributed by atoms with Crippen LogP contribution in [0.15, 0.2) is 85.1 Å². The van der Waals surface area contributed by atoms with E-state index in [1.807, 2.05) is 33.3 Å². The van der Waals surface area contributed by atoms with E-state index in [2.05, 4.69) is 86.8 Å². The minimum Gasteiger partial charge on any atom is -0.756 e. The molecule has 2 atom stereocenters. The van der Waals surface area contributed by atoms with Crippen LogP contribution in [-0.4, -0.2) is 70.0 Å². The second kappa shape index (κ2) is 39.6. The number of esters is 2. The van der Waals surface area contributed by atoms with Gasteiger partial charge in [0.2, 0.25) is 0 Å². The Morgan fingerprint density at radius 3 is 1.45 bits per heavy atom. The maximum absolute atomic E-state index is 12.6. The van der Waals surface area contributed by atoms with E-state index in [-0.39, 0.29) is 26.1 Å². The number of quaternary nitrogens is 1. The van der Waals surface area contributed by atoms with Crippen LogP contribution in [0.3, 0.4) is 0 Å². The van der Waals surface area contributed by atoms with Crippen molar-refractivity contribution in [1.82, 2.24) is 0 Å². The van der Waals surface area contributed by atoms with E-state index < -0.39 is 32.5 Å². The molecule has 0 amide bonds. The van der Waals surface area contributed by atoms with Crippen LogP contribution in [0.1, 0.15) is 155 Å². The summed E-state index contributed by atoms with van der Waals surface area (Å²) in [7, 11) is 1.10. The molecular formula is C48H82NO8P. The summed E-state index contributed by atoms with van der Waals surface area (Å²) in [5, 5.41) is 0. The number of unbranched alkanes of at least 4 members (excludes halogenated alkanes) is 11. The van der Waals surface area contributed by atoms with Crippen LogP contribution in [0.25, 0.3) is 0 Å². The number of rotatable bonds is 39. The average molecular weight is 832 g/mol. The Morgan fingerprint density at radius 1 is 0.534 bits per heavy atom. The Balaban J connectivity index is 4.53. The summed E-state index contributed by atoms with van der Waals surface area (Å²) in [5.74, 6) is -0.955. The molecule has 0 N–H and O–H groups in total. The third-order valence-electron chi connectivity index (χ3n) is 8.90. The molecule has 0 aliphatic rings. The number of nitrogens with zero attached hydrogens (tertiary/aromatic N) is 1. The molecule has 0 bridgehead atoms. The maximum atomic E-state index is 12.6. The highest BCUT2D eigenvalue weighted by Gasteiger charge is 2.21. The Kier molecular flexibility index (Phi) is 37.7. The number of allylic oxidation sites excluding steroid dienone is 14. The zero-order valence-electron chi connectivity index (χ0n) is 37.2. The van der Waals surface area contributed by atoms with Gasteiger partial charge >= 0.3 is 11.9 Å². The van der Waals surface area contributed by atoms with Gasteiger partial charge in [0, 0.05) is 12.8 Å². The zero-order valence-corrected chi connectivity index (χ0v) is 38.1. The fourth-order valence-corrected chi connectivity index (χ4v) is 6.10. The highest BCUT2D eigenvalue weighted by molar-refractivity contribution is 7.45. The number of carbonyl (C=O) groups excluding carboxylic acids is 2. The van der Waals surface area contributed by atoms with Crippen LogP contribution in [0.4, 0.5) is 0 Å². The fourth-order valence-electron chi connectivity index (χ4n) is 5.37. The number of hydrogen-bond acceptors (Lipinski definition) is 8. The van der Waals surface area contributed by atoms with Crippen molar-refractivity contribution in [2.75, 3.05) is 47.5 Å². The van der Waals surface area contributed by atoms with Crippen LogP contribution < -0.4 is 4.89 Å². The van der Waals surface area contributed by atoms with E-state index in [9.17, 15) is 19.0 Å². The highest BCUT2D eigenvalue weighted by Crippen LogP contribution is 2.38. The number of carbonyl (C=O) groups is 2. The van der Waals surface area contributed by atoms with Crippen LogP contribution in [0, 0.1) is 0 Å². The number of ether oxygens (including phenoxy) is 2. The van der Waals surface area contributed by atoms with Crippen molar-refractivity contribution in [2.24, 2.45) is 0 Å². The van der Waals surface area contributed by atoms with Gasteiger partial charge in [-0.2, -0.15) is 0 Å². The van der Waals surface area contributed by atoms with E-state index in [1.165, 1.54) is 51.4 Å². The zero-order chi connectivity index (χ0) is 42.8. The van der Waals surface area contributed by atoms with Crippen LogP contribution in [0.5, 0.6) is 0 Å². The van der Waals surface area contributed by atoms with E-state index >= 15 is 0 Å². The van der Waals surface area contributed by atoms with E-state index in [1.54, 1.807) is 0 Å². The standard InChI is InChI=1S/C48H82NO8P/c1-6-8-10-12-14-16-18-20-22-23-24-25-27-29-31-33-35-37-39-41-48(51)57-46(45-56-58(52,53)55-43-42-49(3,4)5)44-54-47(50)40-38-36-34-32-30-28-26-21-19-17-15-13-11-9-7-2/h14-17,20-22,24-26,29,31,35,37,46H,6-13,18-19,23,27-28,30,32-34,36,38-45H2,1-5H3/b16-14-,17-15-,22-20-,25-24-,26-21-,31-29-,37-35-/t46-/m1/s1. The first kappa shape index (κ1) is 55.2. The van der Waals surface area contributed by atoms with Crippen molar-refractivity contribution in [2.45, 2.75) is 161 Å². The Labute approximate surface area is 354 Å². The minimum absolute atomic E-state index is 0.0509. The van der Waals surface area contributed by atoms with Crippen molar-refractivity contribution in [3.8, 4) is 0 Å². The maximum Gasteiger partial charge on any atom is 0.306 e. The van der Waals surface area contributed by atoms with Crippen molar-refractivity contribution in [1.29, 1.82) is 0 Å². The predicted octanol–water partition coefficient (Wildman–Crippen LogP) is 12.2. The molecule has 332 valence electrons. The first-order valence-electron chi connectivity index (χ1n) is 22.3. The SMILES string of the molecule is CCCCC/C=C\C/C=C\C/C=C\C/C=C\C/C=C\CCC(=O)O[C@H](COC(=O)CCCCCCC/C=C\C/C=C\CCCCC)COP(=O)([O-])OCC[N+](C)(C)C. The van der Waals surface area contributed by atoms with Crippen LogP contribution in [0.2, 0.25) is 0 Å². The predicted molar refractivity (Wildman–Crippen MR) is 240 cm³/mol. The van der Waals surface area contributed by atoms with Gasteiger partial charge in [0.15, 0.2) is 6.10 Å². The summed E-state index contributed by atoms with van der Waals surface area (Å²) < 4.78 is 33.8. The highest BCUT2D eigenvalue weighted by atomic mass is 31.2. The molecule has 0 aromatic rings. The van der Waals surface area contributed by atoms with Crippen molar-refractivity contribution < 1.29 is 42.1 Å². The first-order valence-corrected chi connectivity index (χ1v) is 23.8. The molecule has 0 saturated heterocycles. The van der Waals surface area contributed by atoms with Crippen molar-refractivity contribution in [3.63, 3.8) is 0 Å². The summed E-state index contributed by atoms with van der Waals surface area (Å²) in [6, 6.07) is 0. The second-order valence-corrected chi connectivity index (χ2v) is 17.1. The third kappa shape index (κ3) is 42.8. The topological polar surface area (TPSA) is 111 Å². The van der Waals surface area contributed by atoms with Gasteiger partial charge < -0.3 is 27.9 Å². The number of hydrogen-bond donors (Lipinski definition) is 0. The summed E-state index contributed by atoms with van der Waals surface area (Å²) in [4.78, 5) is 37.5. The van der Waals surface area contributed by atoms with Gasteiger partial charge in [-0.25, -0.2) is 0 Å². The molecule has 0 aromatic carbocycles. The van der Waals surface area contributed by atoms with E-state index in [4.69, 9.17) is 18.5 Å². The molecule has 0 spiro atoms. The summed E-state index contributed by atoms with van der Waals surface area (Å²) in [5.41, 5.74) is 0. The summed E-state index contributed by atoms with van der Waals surface area (Å²) in [6.07, 6.45) is 50.5. The van der Waals surface area contributed by atoms with Gasteiger partial charge in [0.05, 0.1) is 27.7 Å². The Hall–Kier alpha value is -2.81. The molecule has 0 saturated carbocycles. The molecular weight excluding hydrogens is 750 g/mol. The van der Waals surface area contributed by atoms with E-state index in [0.717, 1.165) is 64.2 Å². The molecule has 9 nitrogen and oxygen atoms in total. The van der Waals surface area contributed by atoms with Gasteiger partial charge in [-0.05, 0) is 83.5 Å². The van der Waals surface area contributed by atoms with Crippen molar-refractivity contribution in [3.05, 3.63) is 85.1 Å². The average Bonchev–Trinajstić information content (AvgIpc) is 3.17. The monoisotopic (exact) mass is 832 g/mol. The second-order valence-electron chi connectivity index (χ2n) is 15.7. The van der Waals surface area contributed by atoms with Gasteiger partial charge in [0.25, 0.3) is 7.82 Å². The smallest absolute Gasteiger partial charge is 0.306 e. The van der Waals surface area contributed by atoms with Crippen LogP contribution >= 0.6 is 7.82 Å². The third-order valence-corrected chi connectivity index (χ3v) is 9.87. The van der Waals surface area contributed by atoms with Gasteiger partial charge in [-0.15, -0.1) is 0 Å². The molecule has 0 rings (SSSR count). The Bertz CT molecular complexity index is 1260. The molecule has 0 heterocycles. The molecule has 10 heteroatoms. The van der Waals surface area contributed by atoms with Gasteiger partial charge in [-0.3, -0.25) is 14.2 Å². The summed E-state index contributed by atoms with van der Waals surface area (Å²) >= 11 is 0. The normalized spacial score (nSPS) is 14.4. The molecule has 0 fully saturated rings. The quantitative estimate of drug-likeness (QED) is 0.0198. The number of phosphoric ester groups is 1. The number of likely N-dealkylation sites (N-methyl/N-ethyl adjacent to an activating group) is 1. The number of phosphoric acid groups is 1. The molecule has 0 aromatic heterocycles. The minimum atomic E-state index is -4.65. The summed E-state index contributed by atoms with van der Waals surface area (Å²) in [6.45, 7) is 4.05. The fraction of sp³-hybridized carbons (Fsp3) is 0.667. The lowest BCUT2D eigenvalue weighted by atomic mass is 10.1. The molecule has 0 aliphatic carbocycles. The van der Waals surface area contributed by atoms with Crippen molar-refractivity contribution >= 4 is 19.8 Å².